The number of benzene rings is 1. The lowest BCUT2D eigenvalue weighted by Crippen LogP contribution is -2.35. The highest BCUT2D eigenvalue weighted by molar-refractivity contribution is 5.28. The molecule has 2 bridgehead atoms. The first-order chi connectivity index (χ1) is 8.21. The van der Waals surface area contributed by atoms with Gasteiger partial charge >= 0.3 is 0 Å². The summed E-state index contributed by atoms with van der Waals surface area (Å²) in [7, 11) is 0. The maximum Gasteiger partial charge on any atom is 0.231 e. The van der Waals surface area contributed by atoms with Crippen molar-refractivity contribution in [1.82, 2.24) is 0 Å². The Hall–Kier alpha value is -1.18. The van der Waals surface area contributed by atoms with Crippen molar-refractivity contribution in [2.75, 3.05) is 0 Å². The highest BCUT2D eigenvalue weighted by Gasteiger charge is 2.52. The van der Waals surface area contributed by atoms with Crippen molar-refractivity contribution in [3.05, 3.63) is 30.3 Å². The quantitative estimate of drug-likeness (QED) is 0.677. The molecule has 1 aliphatic carbocycles. The summed E-state index contributed by atoms with van der Waals surface area (Å²) < 4.78 is 2.30. The van der Waals surface area contributed by atoms with E-state index in [0.29, 0.717) is 12.0 Å². The van der Waals surface area contributed by atoms with E-state index in [1.54, 1.807) is 0 Å². The summed E-state index contributed by atoms with van der Waals surface area (Å²) in [4.78, 5) is 0. The Morgan fingerprint density at radius 2 is 2.06 bits per heavy atom. The molecule has 1 fully saturated rings. The van der Waals surface area contributed by atoms with E-state index in [2.05, 4.69) is 48.9 Å². The second-order valence-corrected chi connectivity index (χ2v) is 5.79. The average Bonchev–Trinajstić information content (AvgIpc) is 2.63. The third kappa shape index (κ3) is 1.70. The topological polar surface area (TPSA) is 15.4 Å². The summed E-state index contributed by atoms with van der Waals surface area (Å²) in [5.74, 6) is 0.652. The number of nitrogens with zero attached hydrogens (tertiary/aromatic N) is 2. The second kappa shape index (κ2) is 3.94. The molecule has 0 N–H and O–H groups in total. The molecule has 1 aromatic rings. The molecule has 1 heterocycles. The summed E-state index contributed by atoms with van der Waals surface area (Å²) >= 11 is 0. The first-order valence-corrected chi connectivity index (χ1v) is 6.78. The van der Waals surface area contributed by atoms with E-state index >= 15 is 0 Å². The molecule has 3 rings (SSSR count). The molecule has 1 aliphatic heterocycles. The average molecular weight is 229 g/mol. The maximum atomic E-state index is 5.08. The Balaban J connectivity index is 2.01. The first-order valence-electron chi connectivity index (χ1n) is 6.78. The van der Waals surface area contributed by atoms with Crippen LogP contribution in [0.3, 0.4) is 0 Å². The fourth-order valence-electron chi connectivity index (χ4n) is 3.34. The minimum atomic E-state index is 0.221. The van der Waals surface area contributed by atoms with Gasteiger partial charge in [0.05, 0.1) is 0 Å². The summed E-state index contributed by atoms with van der Waals surface area (Å²) in [6, 6.07) is 11.3. The van der Waals surface area contributed by atoms with Crippen LogP contribution in [0.25, 0.3) is 0 Å². The van der Waals surface area contributed by atoms with Crippen LogP contribution in [0, 0.1) is 5.92 Å². The van der Waals surface area contributed by atoms with Gasteiger partial charge in [-0.2, -0.15) is 0 Å². The van der Waals surface area contributed by atoms with Gasteiger partial charge in [0.1, 0.15) is 5.54 Å². The van der Waals surface area contributed by atoms with Crippen molar-refractivity contribution in [3.8, 4) is 0 Å². The third-order valence-corrected chi connectivity index (χ3v) is 4.48. The van der Waals surface area contributed by atoms with Gasteiger partial charge in [-0.15, -0.1) is 0 Å². The van der Waals surface area contributed by atoms with Crippen LogP contribution in [0.15, 0.2) is 35.4 Å². The molecule has 0 aromatic heterocycles. The van der Waals surface area contributed by atoms with Gasteiger partial charge in [0.15, 0.2) is 6.04 Å². The lowest BCUT2D eigenvalue weighted by atomic mass is 9.74. The van der Waals surface area contributed by atoms with Crippen LogP contribution in [0.1, 0.15) is 39.5 Å². The normalized spacial score (nSPS) is 31.7. The lowest BCUT2D eigenvalue weighted by molar-refractivity contribution is -0.538. The fraction of sp³-hybridized carbons (Fsp3) is 0.600. The maximum absolute atomic E-state index is 5.08. The SMILES string of the molecule is CC(C)[C@]12CCC[C@@H](C1)[N+](c1ccccc1)=N2. The van der Waals surface area contributed by atoms with Crippen molar-refractivity contribution in [2.45, 2.75) is 51.1 Å². The molecule has 17 heavy (non-hydrogen) atoms. The van der Waals surface area contributed by atoms with Gasteiger partial charge < -0.3 is 0 Å². The highest BCUT2D eigenvalue weighted by atomic mass is 15.4. The van der Waals surface area contributed by atoms with E-state index in [9.17, 15) is 0 Å². The van der Waals surface area contributed by atoms with Gasteiger partial charge in [-0.25, -0.2) is 0 Å². The Morgan fingerprint density at radius 1 is 1.29 bits per heavy atom. The predicted molar refractivity (Wildman–Crippen MR) is 68.6 cm³/mol. The number of para-hydroxylation sites is 1. The summed E-state index contributed by atoms with van der Waals surface area (Å²) in [6.07, 6.45) is 5.15. The molecule has 1 saturated carbocycles. The molecule has 0 saturated heterocycles. The van der Waals surface area contributed by atoms with Gasteiger partial charge in [-0.1, -0.05) is 36.7 Å². The van der Waals surface area contributed by atoms with Gasteiger partial charge in [0, 0.05) is 25.0 Å². The first kappa shape index (κ1) is 10.9. The molecular weight excluding hydrogens is 208 g/mol. The summed E-state index contributed by atoms with van der Waals surface area (Å²) in [5.41, 5.74) is 1.49. The zero-order valence-electron chi connectivity index (χ0n) is 10.8. The highest BCUT2D eigenvalue weighted by Crippen LogP contribution is 2.45. The van der Waals surface area contributed by atoms with Crippen LogP contribution < -0.4 is 0 Å². The number of rotatable bonds is 2. The zero-order chi connectivity index (χ0) is 11.9. The van der Waals surface area contributed by atoms with Crippen molar-refractivity contribution < 1.29 is 4.70 Å². The fourth-order valence-corrected chi connectivity index (χ4v) is 3.34. The number of hydrogen-bond donors (Lipinski definition) is 0. The standard InChI is InChI=1S/C15H21N2/c1-12(2)15-10-6-9-14(11-15)17(16-15)13-7-4-3-5-8-13/h3-5,7-8,12,14H,6,9-11H2,1-2H3/q+1/t14-,15-/m0/s1. The van der Waals surface area contributed by atoms with Gasteiger partial charge in [-0.3, -0.25) is 0 Å². The molecule has 2 aliphatic rings. The van der Waals surface area contributed by atoms with Crippen LogP contribution in [0.2, 0.25) is 0 Å². The molecule has 0 unspecified atom stereocenters. The minimum Gasteiger partial charge on any atom is -0.0858 e. The molecule has 0 radical (unpaired) electrons. The molecule has 0 spiro atoms. The largest absolute Gasteiger partial charge is 0.231 e. The molecular formula is C15H21N2+. The number of hydrogen-bond acceptors (Lipinski definition) is 1. The van der Waals surface area contributed by atoms with Crippen LogP contribution in [-0.4, -0.2) is 16.3 Å². The second-order valence-electron chi connectivity index (χ2n) is 5.79. The Bertz CT molecular complexity index is 435. The van der Waals surface area contributed by atoms with E-state index in [1.165, 1.54) is 31.4 Å². The number of azo groups is 2. The van der Waals surface area contributed by atoms with Gasteiger partial charge in [0.25, 0.3) is 0 Å². The van der Waals surface area contributed by atoms with Crippen LogP contribution >= 0.6 is 0 Å². The zero-order valence-corrected chi connectivity index (χ0v) is 10.8. The third-order valence-electron chi connectivity index (χ3n) is 4.48. The van der Waals surface area contributed by atoms with Crippen molar-refractivity contribution >= 4 is 5.69 Å². The van der Waals surface area contributed by atoms with Crippen molar-refractivity contribution in [1.29, 1.82) is 0 Å². The summed E-state index contributed by atoms with van der Waals surface area (Å²) in [5, 5.41) is 5.08. The monoisotopic (exact) mass is 229 g/mol. The van der Waals surface area contributed by atoms with E-state index in [0.717, 1.165) is 0 Å². The van der Waals surface area contributed by atoms with E-state index in [4.69, 9.17) is 5.11 Å². The Kier molecular flexibility index (Phi) is 2.53. The van der Waals surface area contributed by atoms with E-state index in [1.807, 2.05) is 0 Å². The van der Waals surface area contributed by atoms with Crippen LogP contribution in [0.5, 0.6) is 0 Å². The molecule has 0 amide bonds. The molecule has 90 valence electrons. The molecule has 2 heteroatoms. The Labute approximate surface area is 103 Å². The van der Waals surface area contributed by atoms with Gasteiger partial charge in [-0.05, 0) is 23.9 Å². The number of fused-ring (bicyclic) bond motifs is 2. The van der Waals surface area contributed by atoms with E-state index < -0.39 is 0 Å². The van der Waals surface area contributed by atoms with Crippen molar-refractivity contribution in [3.63, 3.8) is 0 Å². The predicted octanol–water partition coefficient (Wildman–Crippen LogP) is 4.13. The van der Waals surface area contributed by atoms with E-state index in [-0.39, 0.29) is 5.54 Å². The molecule has 1 aromatic carbocycles. The molecule has 2 atom stereocenters. The van der Waals surface area contributed by atoms with Crippen molar-refractivity contribution in [2.24, 2.45) is 11.0 Å². The van der Waals surface area contributed by atoms with Crippen LogP contribution in [0.4, 0.5) is 5.69 Å². The van der Waals surface area contributed by atoms with Gasteiger partial charge in [0.2, 0.25) is 5.69 Å². The molecule has 2 nitrogen and oxygen atoms in total. The van der Waals surface area contributed by atoms with Crippen LogP contribution in [-0.2, 0) is 0 Å². The lowest BCUT2D eigenvalue weighted by Gasteiger charge is -2.28. The Morgan fingerprint density at radius 3 is 2.71 bits per heavy atom. The minimum absolute atomic E-state index is 0.221. The summed E-state index contributed by atoms with van der Waals surface area (Å²) in [6.45, 7) is 4.64. The smallest absolute Gasteiger partial charge is 0.0858 e.